The van der Waals surface area contributed by atoms with Crippen LogP contribution in [0.4, 0.5) is 0 Å². The lowest BCUT2D eigenvalue weighted by Gasteiger charge is -2.14. The molecule has 1 N–H and O–H groups in total. The molecule has 1 rings (SSSR count). The molecule has 0 bridgehead atoms. The van der Waals surface area contributed by atoms with E-state index in [1.54, 1.807) is 23.5 Å². The Bertz CT molecular complexity index is 366. The van der Waals surface area contributed by atoms with Crippen molar-refractivity contribution in [3.8, 4) is 0 Å². The minimum Gasteiger partial charge on any atom is -0.396 e. The predicted molar refractivity (Wildman–Crippen MR) is 88.3 cm³/mol. The smallest absolute Gasteiger partial charge is 0.0922 e. The molecule has 0 atom stereocenters. The van der Waals surface area contributed by atoms with Crippen LogP contribution in [0.3, 0.4) is 0 Å². The van der Waals surface area contributed by atoms with E-state index in [1.807, 2.05) is 12.5 Å². The van der Waals surface area contributed by atoms with Crippen LogP contribution in [-0.4, -0.2) is 36.1 Å². The van der Waals surface area contributed by atoms with Gasteiger partial charge in [0.2, 0.25) is 0 Å². The zero-order chi connectivity index (χ0) is 14.8. The Kier molecular flexibility index (Phi) is 9.39. The van der Waals surface area contributed by atoms with E-state index < -0.39 is 0 Å². The van der Waals surface area contributed by atoms with Gasteiger partial charge >= 0.3 is 0 Å². The zero-order valence-corrected chi connectivity index (χ0v) is 14.1. The summed E-state index contributed by atoms with van der Waals surface area (Å²) in [5.41, 5.74) is 4.75. The fraction of sp³-hybridized carbons (Fsp3) is 0.600. The third-order valence-corrected chi connectivity index (χ3v) is 3.81. The van der Waals surface area contributed by atoms with E-state index >= 15 is 0 Å². The highest BCUT2D eigenvalue weighted by atomic mass is 32.2. The van der Waals surface area contributed by atoms with E-state index in [2.05, 4.69) is 19.1 Å². The first-order chi connectivity index (χ1) is 9.72. The second kappa shape index (κ2) is 10.5. The summed E-state index contributed by atoms with van der Waals surface area (Å²) in [6.45, 7) is 3.50. The highest BCUT2D eigenvalue weighted by molar-refractivity contribution is 7.98. The normalized spacial score (nSPS) is 11.0. The van der Waals surface area contributed by atoms with Crippen molar-refractivity contribution in [1.29, 1.82) is 0 Å². The number of rotatable bonds is 10. The monoisotopic (exact) mass is 316 g/mol. The molecule has 1 aromatic rings. The molecule has 1 aromatic carbocycles. The Morgan fingerprint density at radius 2 is 1.50 bits per heavy atom. The van der Waals surface area contributed by atoms with E-state index in [-0.39, 0.29) is 6.61 Å². The third-order valence-electron chi connectivity index (χ3n) is 3.00. The second-order valence-electron chi connectivity index (χ2n) is 4.52. The van der Waals surface area contributed by atoms with E-state index in [0.717, 1.165) is 5.56 Å². The third kappa shape index (κ3) is 6.06. The summed E-state index contributed by atoms with van der Waals surface area (Å²) in [6.07, 6.45) is 4.72. The van der Waals surface area contributed by atoms with Gasteiger partial charge in [-0.25, -0.2) is 0 Å². The van der Waals surface area contributed by atoms with E-state index in [0.29, 0.717) is 31.5 Å². The summed E-state index contributed by atoms with van der Waals surface area (Å²) in [5, 5.41) is 9.13. The summed E-state index contributed by atoms with van der Waals surface area (Å²) in [6, 6.07) is 4.26. The molecule has 114 valence electrons. The number of benzene rings is 1. The zero-order valence-electron chi connectivity index (χ0n) is 12.5. The molecule has 0 radical (unpaired) electrons. The minimum atomic E-state index is 0.166. The summed E-state index contributed by atoms with van der Waals surface area (Å²) in [7, 11) is 0. The maximum absolute atomic E-state index is 9.13. The lowest BCUT2D eigenvalue weighted by molar-refractivity contribution is 0.163. The summed E-state index contributed by atoms with van der Waals surface area (Å²) >= 11 is 3.35. The van der Waals surface area contributed by atoms with Crippen molar-refractivity contribution in [3.63, 3.8) is 0 Å². The SMILES string of the molecule is CSCOCc1cc(CCO)cc(COCSC)c1C. The van der Waals surface area contributed by atoms with Gasteiger partial charge < -0.3 is 14.6 Å². The van der Waals surface area contributed by atoms with Gasteiger partial charge in [-0.3, -0.25) is 0 Å². The molecule has 5 heteroatoms. The van der Waals surface area contributed by atoms with Crippen LogP contribution in [0.2, 0.25) is 0 Å². The Labute approximate surface area is 130 Å². The molecule has 0 aliphatic heterocycles. The number of aliphatic hydroxyl groups is 1. The fourth-order valence-corrected chi connectivity index (χ4v) is 2.46. The molecule has 0 aliphatic rings. The summed E-state index contributed by atoms with van der Waals surface area (Å²) < 4.78 is 11.2. The van der Waals surface area contributed by atoms with Gasteiger partial charge in [-0.1, -0.05) is 12.1 Å². The van der Waals surface area contributed by atoms with Gasteiger partial charge in [0.1, 0.15) is 0 Å². The average molecular weight is 316 g/mol. The lowest BCUT2D eigenvalue weighted by Crippen LogP contribution is -2.04. The van der Waals surface area contributed by atoms with Gasteiger partial charge in [0.05, 0.1) is 25.1 Å². The first-order valence-electron chi connectivity index (χ1n) is 6.58. The number of hydrogen-bond donors (Lipinski definition) is 1. The number of aliphatic hydroxyl groups excluding tert-OH is 1. The molecular weight excluding hydrogens is 292 g/mol. The molecule has 0 amide bonds. The second-order valence-corrected chi connectivity index (χ2v) is 6.15. The van der Waals surface area contributed by atoms with Gasteiger partial charge in [-0.15, -0.1) is 23.5 Å². The molecule has 0 aliphatic carbocycles. The van der Waals surface area contributed by atoms with Crippen LogP contribution in [0.5, 0.6) is 0 Å². The molecule has 0 unspecified atom stereocenters. The molecule has 0 saturated carbocycles. The van der Waals surface area contributed by atoms with Crippen molar-refractivity contribution in [2.75, 3.05) is 31.0 Å². The minimum absolute atomic E-state index is 0.166. The number of thioether (sulfide) groups is 2. The standard InChI is InChI=1S/C15H24O3S2/c1-12-14(8-17-10-19-2)6-13(4-5-16)7-15(12)9-18-11-20-3/h6-7,16H,4-5,8-11H2,1-3H3. The van der Waals surface area contributed by atoms with E-state index in [1.165, 1.54) is 16.7 Å². The number of hydrogen-bond acceptors (Lipinski definition) is 5. The first kappa shape index (κ1) is 17.9. The maximum atomic E-state index is 9.13. The van der Waals surface area contributed by atoms with Crippen molar-refractivity contribution in [3.05, 3.63) is 34.4 Å². The summed E-state index contributed by atoms with van der Waals surface area (Å²) in [5.74, 6) is 1.39. The molecule has 20 heavy (non-hydrogen) atoms. The summed E-state index contributed by atoms with van der Waals surface area (Å²) in [4.78, 5) is 0. The molecule has 3 nitrogen and oxygen atoms in total. The molecular formula is C15H24O3S2. The van der Waals surface area contributed by atoms with Gasteiger partial charge in [0, 0.05) is 6.61 Å². The highest BCUT2D eigenvalue weighted by Crippen LogP contribution is 2.20. The predicted octanol–water partition coefficient (Wildman–Crippen LogP) is 3.20. The van der Waals surface area contributed by atoms with Gasteiger partial charge in [0.25, 0.3) is 0 Å². The van der Waals surface area contributed by atoms with Crippen LogP contribution in [0, 0.1) is 6.92 Å². The van der Waals surface area contributed by atoms with Gasteiger partial charge in [-0.2, -0.15) is 0 Å². The lowest BCUT2D eigenvalue weighted by atomic mass is 9.98. The van der Waals surface area contributed by atoms with Crippen LogP contribution in [-0.2, 0) is 29.1 Å². The quantitative estimate of drug-likeness (QED) is 0.530. The van der Waals surface area contributed by atoms with Crippen LogP contribution in [0.25, 0.3) is 0 Å². The van der Waals surface area contributed by atoms with Crippen molar-refractivity contribution < 1.29 is 14.6 Å². The molecule has 0 fully saturated rings. The fourth-order valence-electron chi connectivity index (χ4n) is 1.96. The van der Waals surface area contributed by atoms with Gasteiger partial charge in [0.15, 0.2) is 0 Å². The van der Waals surface area contributed by atoms with Crippen molar-refractivity contribution in [2.24, 2.45) is 0 Å². The molecule has 0 saturated heterocycles. The largest absolute Gasteiger partial charge is 0.396 e. The van der Waals surface area contributed by atoms with Crippen molar-refractivity contribution in [2.45, 2.75) is 26.6 Å². The highest BCUT2D eigenvalue weighted by Gasteiger charge is 2.08. The first-order valence-corrected chi connectivity index (χ1v) is 9.37. The molecule has 0 heterocycles. The van der Waals surface area contributed by atoms with Crippen molar-refractivity contribution >= 4 is 23.5 Å². The maximum Gasteiger partial charge on any atom is 0.0922 e. The van der Waals surface area contributed by atoms with E-state index in [9.17, 15) is 0 Å². The topological polar surface area (TPSA) is 38.7 Å². The molecule has 0 spiro atoms. The van der Waals surface area contributed by atoms with Crippen LogP contribution in [0.1, 0.15) is 22.3 Å². The van der Waals surface area contributed by atoms with Gasteiger partial charge in [-0.05, 0) is 48.1 Å². The van der Waals surface area contributed by atoms with Crippen molar-refractivity contribution in [1.82, 2.24) is 0 Å². The Balaban J connectivity index is 2.83. The molecule has 0 aromatic heterocycles. The Hall–Kier alpha value is -0.200. The number of ether oxygens (including phenoxy) is 2. The van der Waals surface area contributed by atoms with Crippen LogP contribution in [0.15, 0.2) is 12.1 Å². The Morgan fingerprint density at radius 3 is 1.90 bits per heavy atom. The average Bonchev–Trinajstić information content (AvgIpc) is 2.44. The van der Waals surface area contributed by atoms with Crippen LogP contribution < -0.4 is 0 Å². The Morgan fingerprint density at radius 1 is 1.00 bits per heavy atom. The van der Waals surface area contributed by atoms with E-state index in [4.69, 9.17) is 14.6 Å². The van der Waals surface area contributed by atoms with Crippen LogP contribution >= 0.6 is 23.5 Å².